The molecule has 2 aromatic rings. The first-order valence-corrected chi connectivity index (χ1v) is 8.18. The van der Waals surface area contributed by atoms with Crippen molar-refractivity contribution in [2.45, 2.75) is 19.9 Å². The minimum absolute atomic E-state index is 0.304. The predicted molar refractivity (Wildman–Crippen MR) is 82.4 cm³/mol. The van der Waals surface area contributed by atoms with Crippen LogP contribution in [0.25, 0.3) is 0 Å². The van der Waals surface area contributed by atoms with E-state index in [1.165, 1.54) is 23.1 Å². The first-order chi connectivity index (χ1) is 10.2. The minimum atomic E-state index is -0.304. The van der Waals surface area contributed by atoms with Crippen molar-refractivity contribution >= 4 is 34.5 Å². The summed E-state index contributed by atoms with van der Waals surface area (Å²) in [5, 5.41) is 15.4. The van der Waals surface area contributed by atoms with E-state index in [0.717, 1.165) is 23.4 Å². The van der Waals surface area contributed by atoms with Crippen LogP contribution in [0.5, 0.6) is 5.06 Å². The number of ether oxygens (including phenoxy) is 1. The number of amidine groups is 1. The van der Waals surface area contributed by atoms with Crippen LogP contribution < -0.4 is 4.74 Å². The van der Waals surface area contributed by atoms with E-state index >= 15 is 0 Å². The van der Waals surface area contributed by atoms with E-state index in [-0.39, 0.29) is 5.97 Å². The number of thiophene rings is 2. The van der Waals surface area contributed by atoms with Gasteiger partial charge in [0.1, 0.15) is 0 Å². The van der Waals surface area contributed by atoms with Crippen molar-refractivity contribution in [1.82, 2.24) is 4.90 Å². The van der Waals surface area contributed by atoms with Crippen LogP contribution in [0.4, 0.5) is 0 Å². The molecular weight excluding hydrogens is 308 g/mol. The zero-order valence-electron chi connectivity index (χ0n) is 11.4. The van der Waals surface area contributed by atoms with E-state index in [9.17, 15) is 10.0 Å². The Morgan fingerprint density at radius 3 is 3.05 bits per heavy atom. The molecule has 1 aliphatic heterocycles. The number of nitrogens with zero attached hydrogens (tertiary/aromatic N) is 2. The molecule has 1 N–H and O–H groups in total. The number of fused-ring (bicyclic) bond motifs is 1. The lowest BCUT2D eigenvalue weighted by atomic mass is 10.1. The van der Waals surface area contributed by atoms with Crippen LogP contribution in [0.1, 0.15) is 22.2 Å². The lowest BCUT2D eigenvalue weighted by Crippen LogP contribution is -2.35. The Kier molecular flexibility index (Phi) is 3.94. The first-order valence-electron chi connectivity index (χ1n) is 6.48. The van der Waals surface area contributed by atoms with Gasteiger partial charge < -0.3 is 14.8 Å². The Labute approximate surface area is 130 Å². The van der Waals surface area contributed by atoms with E-state index < -0.39 is 0 Å². The zero-order valence-corrected chi connectivity index (χ0v) is 13.0. The Morgan fingerprint density at radius 1 is 1.52 bits per heavy atom. The highest BCUT2D eigenvalue weighted by atomic mass is 32.1. The van der Waals surface area contributed by atoms with Crippen molar-refractivity contribution in [3.8, 4) is 5.06 Å². The lowest BCUT2D eigenvalue weighted by molar-refractivity contribution is -0.131. The van der Waals surface area contributed by atoms with Gasteiger partial charge in [-0.25, -0.2) is 0 Å². The second kappa shape index (κ2) is 5.87. The smallest absolute Gasteiger partial charge is 0.308 e. The number of hydrogen-bond donors (Lipinski definition) is 1. The SMILES string of the molecule is CC(=O)Oc1cc2c(s1)CCN(/C(=N\O)c1cccs1)C2. The van der Waals surface area contributed by atoms with Crippen LogP contribution in [0.2, 0.25) is 0 Å². The summed E-state index contributed by atoms with van der Waals surface area (Å²) in [7, 11) is 0. The fourth-order valence-corrected chi connectivity index (χ4v) is 4.14. The third-order valence-corrected chi connectivity index (χ3v) is 5.21. The molecule has 21 heavy (non-hydrogen) atoms. The van der Waals surface area contributed by atoms with Crippen LogP contribution >= 0.6 is 22.7 Å². The number of esters is 1. The number of oxime groups is 1. The summed E-state index contributed by atoms with van der Waals surface area (Å²) in [6.07, 6.45) is 0.853. The molecule has 3 rings (SSSR count). The summed E-state index contributed by atoms with van der Waals surface area (Å²) in [5.41, 5.74) is 1.13. The molecule has 1 aliphatic rings. The summed E-state index contributed by atoms with van der Waals surface area (Å²) < 4.78 is 5.14. The number of carbonyl (C=O) groups excluding carboxylic acids is 1. The number of hydrogen-bond acceptors (Lipinski definition) is 6. The molecular formula is C14H14N2O3S2. The van der Waals surface area contributed by atoms with E-state index in [0.29, 0.717) is 17.4 Å². The molecule has 2 aromatic heterocycles. The van der Waals surface area contributed by atoms with E-state index in [1.54, 1.807) is 11.3 Å². The zero-order chi connectivity index (χ0) is 14.8. The Bertz CT molecular complexity index is 676. The average molecular weight is 322 g/mol. The molecule has 3 heterocycles. The van der Waals surface area contributed by atoms with Gasteiger partial charge in [0.15, 0.2) is 10.9 Å². The van der Waals surface area contributed by atoms with Gasteiger partial charge in [-0.15, -0.1) is 22.7 Å². The van der Waals surface area contributed by atoms with Gasteiger partial charge in [-0.1, -0.05) is 11.2 Å². The van der Waals surface area contributed by atoms with Crippen molar-refractivity contribution in [1.29, 1.82) is 0 Å². The third kappa shape index (κ3) is 2.93. The molecule has 0 saturated carbocycles. The van der Waals surface area contributed by atoms with E-state index in [1.807, 2.05) is 28.5 Å². The topological polar surface area (TPSA) is 62.1 Å². The first kappa shape index (κ1) is 14.1. The molecule has 110 valence electrons. The van der Waals surface area contributed by atoms with Crippen LogP contribution in [0.15, 0.2) is 28.7 Å². The summed E-state index contributed by atoms with van der Waals surface area (Å²) in [5.74, 6) is 0.289. The minimum Gasteiger partial charge on any atom is -0.416 e. The maximum Gasteiger partial charge on any atom is 0.308 e. The Morgan fingerprint density at radius 2 is 2.38 bits per heavy atom. The van der Waals surface area contributed by atoms with Gasteiger partial charge in [0, 0.05) is 24.9 Å². The van der Waals surface area contributed by atoms with E-state index in [2.05, 4.69) is 5.16 Å². The second-order valence-corrected chi connectivity index (χ2v) is 6.73. The lowest BCUT2D eigenvalue weighted by Gasteiger charge is -2.28. The predicted octanol–water partition coefficient (Wildman–Crippen LogP) is 2.93. The summed E-state index contributed by atoms with van der Waals surface area (Å²) >= 11 is 3.06. The van der Waals surface area contributed by atoms with Gasteiger partial charge >= 0.3 is 5.97 Å². The standard InChI is InChI=1S/C14H14N2O3S2/c1-9(17)19-13-7-10-8-16(5-4-11(10)21-13)14(15-18)12-3-2-6-20-12/h2-3,6-7,18H,4-5,8H2,1H3/b15-14-. The van der Waals surface area contributed by atoms with Crippen LogP contribution in [-0.2, 0) is 17.8 Å². The number of rotatable bonds is 2. The molecule has 5 nitrogen and oxygen atoms in total. The van der Waals surface area contributed by atoms with Crippen molar-refractivity contribution in [3.63, 3.8) is 0 Å². The quantitative estimate of drug-likeness (QED) is 0.304. The molecule has 7 heteroatoms. The van der Waals surface area contributed by atoms with Crippen molar-refractivity contribution < 1.29 is 14.7 Å². The van der Waals surface area contributed by atoms with Crippen LogP contribution in [0.3, 0.4) is 0 Å². The van der Waals surface area contributed by atoms with Crippen LogP contribution in [0, 0.1) is 0 Å². The maximum absolute atomic E-state index is 11.0. The summed E-state index contributed by atoms with van der Waals surface area (Å²) in [6, 6.07) is 5.77. The highest BCUT2D eigenvalue weighted by Crippen LogP contribution is 2.34. The molecule has 0 radical (unpaired) electrons. The fourth-order valence-electron chi connectivity index (χ4n) is 2.35. The van der Waals surface area contributed by atoms with Gasteiger partial charge in [0.05, 0.1) is 4.88 Å². The number of carbonyl (C=O) groups is 1. The largest absolute Gasteiger partial charge is 0.416 e. The normalized spacial score (nSPS) is 14.9. The highest BCUT2D eigenvalue weighted by molar-refractivity contribution is 7.14. The maximum atomic E-state index is 11.0. The van der Waals surface area contributed by atoms with Gasteiger partial charge in [0.2, 0.25) is 0 Å². The average Bonchev–Trinajstić information content (AvgIpc) is 3.07. The van der Waals surface area contributed by atoms with Gasteiger partial charge in [0.25, 0.3) is 0 Å². The second-order valence-electron chi connectivity index (χ2n) is 4.68. The van der Waals surface area contributed by atoms with Gasteiger partial charge in [-0.2, -0.15) is 0 Å². The molecule has 0 atom stereocenters. The van der Waals surface area contributed by atoms with Crippen molar-refractivity contribution in [3.05, 3.63) is 38.9 Å². The Hall–Kier alpha value is -1.86. The van der Waals surface area contributed by atoms with Crippen molar-refractivity contribution in [2.75, 3.05) is 6.54 Å². The van der Waals surface area contributed by atoms with E-state index in [4.69, 9.17) is 4.74 Å². The molecule has 0 bridgehead atoms. The molecule has 0 amide bonds. The van der Waals surface area contributed by atoms with Gasteiger partial charge in [-0.05, 0) is 29.5 Å². The molecule has 0 aliphatic carbocycles. The molecule has 0 spiro atoms. The molecule has 0 fully saturated rings. The molecule has 0 unspecified atom stereocenters. The third-order valence-electron chi connectivity index (χ3n) is 3.22. The fraction of sp³-hybridized carbons (Fsp3) is 0.286. The van der Waals surface area contributed by atoms with Crippen molar-refractivity contribution in [2.24, 2.45) is 5.16 Å². The Balaban J connectivity index is 1.80. The van der Waals surface area contributed by atoms with Crippen LogP contribution in [-0.4, -0.2) is 28.5 Å². The molecule has 0 aromatic carbocycles. The van der Waals surface area contributed by atoms with Gasteiger partial charge in [-0.3, -0.25) is 4.79 Å². The highest BCUT2D eigenvalue weighted by Gasteiger charge is 2.24. The monoisotopic (exact) mass is 322 g/mol. The summed E-state index contributed by atoms with van der Waals surface area (Å²) in [4.78, 5) is 15.2. The molecule has 0 saturated heterocycles. The summed E-state index contributed by atoms with van der Waals surface area (Å²) in [6.45, 7) is 2.84.